The van der Waals surface area contributed by atoms with E-state index in [1.54, 1.807) is 0 Å². The minimum atomic E-state index is -0.215. The van der Waals surface area contributed by atoms with E-state index in [9.17, 15) is 0 Å². The predicted molar refractivity (Wildman–Crippen MR) is 71.1 cm³/mol. The second kappa shape index (κ2) is 5.63. The van der Waals surface area contributed by atoms with Crippen molar-refractivity contribution >= 4 is 31.9 Å². The van der Waals surface area contributed by atoms with E-state index in [0.717, 1.165) is 16.2 Å². The van der Waals surface area contributed by atoms with Crippen LogP contribution >= 0.6 is 31.9 Å². The Labute approximate surface area is 113 Å². The molecule has 0 N–H and O–H groups in total. The molecule has 2 rings (SSSR count). The van der Waals surface area contributed by atoms with Crippen LogP contribution in [0.15, 0.2) is 30.3 Å². The fourth-order valence-electron chi connectivity index (χ4n) is 1.59. The fraction of sp³-hybridized carbons (Fsp3) is 0.500. The standard InChI is InChI=1S/C12H14Br2O2/c13-6-12(7-14)8-15-11(16-9-12)10-4-2-1-3-5-10/h1-5,11H,6-9H2. The van der Waals surface area contributed by atoms with Gasteiger partial charge >= 0.3 is 0 Å². The number of benzene rings is 1. The van der Waals surface area contributed by atoms with E-state index in [0.29, 0.717) is 13.2 Å². The largest absolute Gasteiger partial charge is 0.348 e. The molecule has 0 amide bonds. The molecular weight excluding hydrogens is 336 g/mol. The molecule has 4 heteroatoms. The lowest BCUT2D eigenvalue weighted by Gasteiger charge is -2.37. The van der Waals surface area contributed by atoms with Crippen molar-refractivity contribution in [2.75, 3.05) is 23.9 Å². The monoisotopic (exact) mass is 348 g/mol. The topological polar surface area (TPSA) is 18.5 Å². The number of hydrogen-bond acceptors (Lipinski definition) is 2. The van der Waals surface area contributed by atoms with Gasteiger partial charge in [0.15, 0.2) is 6.29 Å². The first-order valence-electron chi connectivity index (χ1n) is 5.20. The zero-order chi connectivity index (χ0) is 11.4. The molecule has 1 heterocycles. The van der Waals surface area contributed by atoms with Gasteiger partial charge in [0.1, 0.15) is 0 Å². The van der Waals surface area contributed by atoms with Crippen molar-refractivity contribution in [3.63, 3.8) is 0 Å². The number of halogens is 2. The maximum atomic E-state index is 5.78. The molecular formula is C12H14Br2O2. The van der Waals surface area contributed by atoms with Crippen molar-refractivity contribution in [3.05, 3.63) is 35.9 Å². The summed E-state index contributed by atoms with van der Waals surface area (Å²) in [5.74, 6) is 0. The zero-order valence-corrected chi connectivity index (χ0v) is 12.0. The van der Waals surface area contributed by atoms with Crippen molar-refractivity contribution in [2.24, 2.45) is 5.41 Å². The van der Waals surface area contributed by atoms with Crippen LogP contribution in [0, 0.1) is 5.41 Å². The van der Waals surface area contributed by atoms with Gasteiger partial charge in [-0.2, -0.15) is 0 Å². The molecule has 1 aliphatic rings. The van der Waals surface area contributed by atoms with Crippen molar-refractivity contribution in [1.82, 2.24) is 0 Å². The molecule has 88 valence electrons. The second-order valence-corrected chi connectivity index (χ2v) is 5.25. The van der Waals surface area contributed by atoms with E-state index in [2.05, 4.69) is 31.9 Å². The highest BCUT2D eigenvalue weighted by Gasteiger charge is 2.35. The van der Waals surface area contributed by atoms with Gasteiger partial charge in [-0.15, -0.1) is 0 Å². The lowest BCUT2D eigenvalue weighted by atomic mass is 9.95. The minimum absolute atomic E-state index is 0.0608. The molecule has 0 atom stereocenters. The Bertz CT molecular complexity index is 315. The molecule has 2 nitrogen and oxygen atoms in total. The Morgan fingerprint density at radius 3 is 2.12 bits per heavy atom. The summed E-state index contributed by atoms with van der Waals surface area (Å²) < 4.78 is 11.6. The van der Waals surface area contributed by atoms with Crippen LogP contribution in [0.3, 0.4) is 0 Å². The molecule has 0 aromatic heterocycles. The van der Waals surface area contributed by atoms with Crippen molar-refractivity contribution in [3.8, 4) is 0 Å². The Balaban J connectivity index is 2.00. The van der Waals surface area contributed by atoms with Crippen LogP contribution in [0.25, 0.3) is 0 Å². The van der Waals surface area contributed by atoms with E-state index < -0.39 is 0 Å². The highest BCUT2D eigenvalue weighted by atomic mass is 79.9. The average Bonchev–Trinajstić information content (AvgIpc) is 2.40. The van der Waals surface area contributed by atoms with Gasteiger partial charge in [-0.3, -0.25) is 0 Å². The second-order valence-electron chi connectivity index (χ2n) is 4.13. The molecule has 1 aromatic rings. The highest BCUT2D eigenvalue weighted by molar-refractivity contribution is 9.09. The summed E-state index contributed by atoms with van der Waals surface area (Å²) in [7, 11) is 0. The molecule has 1 fully saturated rings. The van der Waals surface area contributed by atoms with Gasteiger partial charge in [-0.1, -0.05) is 62.2 Å². The van der Waals surface area contributed by atoms with E-state index in [1.807, 2.05) is 30.3 Å². The van der Waals surface area contributed by atoms with Gasteiger partial charge in [0.05, 0.1) is 13.2 Å². The van der Waals surface area contributed by atoms with Gasteiger partial charge in [0.25, 0.3) is 0 Å². The highest BCUT2D eigenvalue weighted by Crippen LogP contribution is 2.34. The maximum Gasteiger partial charge on any atom is 0.183 e. The molecule has 0 saturated carbocycles. The zero-order valence-electron chi connectivity index (χ0n) is 8.86. The Kier molecular flexibility index (Phi) is 4.41. The average molecular weight is 350 g/mol. The van der Waals surface area contributed by atoms with Gasteiger partial charge < -0.3 is 9.47 Å². The molecule has 0 unspecified atom stereocenters. The van der Waals surface area contributed by atoms with Gasteiger partial charge in [-0.25, -0.2) is 0 Å². The minimum Gasteiger partial charge on any atom is -0.348 e. The van der Waals surface area contributed by atoms with Crippen LogP contribution in [0.5, 0.6) is 0 Å². The normalized spacial score (nSPS) is 20.9. The van der Waals surface area contributed by atoms with Gasteiger partial charge in [-0.05, 0) is 0 Å². The van der Waals surface area contributed by atoms with Crippen molar-refractivity contribution in [2.45, 2.75) is 6.29 Å². The van der Waals surface area contributed by atoms with Crippen LogP contribution in [0.4, 0.5) is 0 Å². The quantitative estimate of drug-likeness (QED) is 0.777. The summed E-state index contributed by atoms with van der Waals surface area (Å²) in [5.41, 5.74) is 1.14. The molecule has 0 radical (unpaired) electrons. The predicted octanol–water partition coefficient (Wildman–Crippen LogP) is 3.51. The molecule has 16 heavy (non-hydrogen) atoms. The first-order valence-corrected chi connectivity index (χ1v) is 7.44. The SMILES string of the molecule is BrCC1(CBr)COC(c2ccccc2)OC1. The van der Waals surface area contributed by atoms with Crippen LogP contribution in [-0.4, -0.2) is 23.9 Å². The van der Waals surface area contributed by atoms with E-state index in [1.165, 1.54) is 0 Å². The summed E-state index contributed by atoms with van der Waals surface area (Å²) in [6.45, 7) is 1.42. The summed E-state index contributed by atoms with van der Waals surface area (Å²) in [4.78, 5) is 0. The Morgan fingerprint density at radius 2 is 1.62 bits per heavy atom. The number of alkyl halides is 2. The molecule has 0 aliphatic carbocycles. The van der Waals surface area contributed by atoms with Crippen LogP contribution < -0.4 is 0 Å². The van der Waals surface area contributed by atoms with Crippen LogP contribution in [0.2, 0.25) is 0 Å². The number of ether oxygens (including phenoxy) is 2. The third-order valence-electron chi connectivity index (χ3n) is 2.72. The summed E-state index contributed by atoms with van der Waals surface area (Å²) in [5, 5.41) is 1.76. The molecule has 1 aromatic carbocycles. The maximum absolute atomic E-state index is 5.78. The first kappa shape index (κ1) is 12.6. The lowest BCUT2D eigenvalue weighted by molar-refractivity contribution is -0.223. The Hall–Kier alpha value is 0.1000. The van der Waals surface area contributed by atoms with Crippen LogP contribution in [0.1, 0.15) is 11.9 Å². The number of hydrogen-bond donors (Lipinski definition) is 0. The Morgan fingerprint density at radius 1 is 1.06 bits per heavy atom. The lowest BCUT2D eigenvalue weighted by Crippen LogP contribution is -2.41. The third-order valence-corrected chi connectivity index (χ3v) is 5.10. The van der Waals surface area contributed by atoms with Crippen LogP contribution in [-0.2, 0) is 9.47 Å². The molecule has 0 spiro atoms. The molecule has 1 aliphatic heterocycles. The molecule has 1 saturated heterocycles. The molecule has 0 bridgehead atoms. The fourth-order valence-corrected chi connectivity index (χ4v) is 3.16. The van der Waals surface area contributed by atoms with E-state index in [4.69, 9.17) is 9.47 Å². The third kappa shape index (κ3) is 2.67. The van der Waals surface area contributed by atoms with E-state index >= 15 is 0 Å². The number of rotatable bonds is 3. The first-order chi connectivity index (χ1) is 7.79. The van der Waals surface area contributed by atoms with Gasteiger partial charge in [0, 0.05) is 21.6 Å². The van der Waals surface area contributed by atoms with Crippen molar-refractivity contribution < 1.29 is 9.47 Å². The summed E-state index contributed by atoms with van der Waals surface area (Å²) in [6, 6.07) is 10.0. The summed E-state index contributed by atoms with van der Waals surface area (Å²) in [6.07, 6.45) is -0.215. The summed E-state index contributed by atoms with van der Waals surface area (Å²) >= 11 is 7.03. The van der Waals surface area contributed by atoms with E-state index in [-0.39, 0.29) is 11.7 Å². The van der Waals surface area contributed by atoms with Gasteiger partial charge in [0.2, 0.25) is 0 Å². The smallest absolute Gasteiger partial charge is 0.183 e. The van der Waals surface area contributed by atoms with Crippen molar-refractivity contribution in [1.29, 1.82) is 0 Å².